The third-order valence-electron chi connectivity index (χ3n) is 3.67. The van der Waals surface area contributed by atoms with Gasteiger partial charge in [0.25, 0.3) is 0 Å². The lowest BCUT2D eigenvalue weighted by Crippen LogP contribution is -2.13. The fraction of sp³-hybridized carbons (Fsp3) is 0.250. The summed E-state index contributed by atoms with van der Waals surface area (Å²) in [6.45, 7) is 3.44. The minimum atomic E-state index is -0.122. The van der Waals surface area contributed by atoms with Gasteiger partial charge >= 0.3 is 0 Å². The molecule has 0 saturated carbocycles. The van der Waals surface area contributed by atoms with Crippen molar-refractivity contribution < 1.29 is 4.74 Å². The van der Waals surface area contributed by atoms with Crippen LogP contribution in [-0.4, -0.2) is 0 Å². The van der Waals surface area contributed by atoms with Crippen LogP contribution in [0.25, 0.3) is 0 Å². The second-order valence-corrected chi connectivity index (χ2v) is 5.44. The number of halogens is 1. The number of hydrogen-bond donors (Lipinski definition) is 1. The van der Waals surface area contributed by atoms with Gasteiger partial charge in [-0.15, -0.1) is 0 Å². The molecule has 98 valence electrons. The summed E-state index contributed by atoms with van der Waals surface area (Å²) in [5.41, 5.74) is 12.3. The van der Waals surface area contributed by atoms with E-state index in [4.69, 9.17) is 22.1 Å². The molecule has 2 nitrogen and oxygen atoms in total. The minimum Gasteiger partial charge on any atom is -0.372 e. The highest BCUT2D eigenvalue weighted by molar-refractivity contribution is 6.30. The van der Waals surface area contributed by atoms with Crippen LogP contribution in [0.5, 0.6) is 0 Å². The number of fused-ring (bicyclic) bond motifs is 1. The lowest BCUT2D eigenvalue weighted by Gasteiger charge is -2.16. The molecule has 0 amide bonds. The van der Waals surface area contributed by atoms with Crippen molar-refractivity contribution in [2.45, 2.75) is 26.2 Å². The summed E-state index contributed by atoms with van der Waals surface area (Å²) >= 11 is 5.99. The number of benzene rings is 2. The van der Waals surface area contributed by atoms with Crippen LogP contribution in [0.1, 0.15) is 33.9 Å². The van der Waals surface area contributed by atoms with Crippen LogP contribution in [0.15, 0.2) is 36.4 Å². The van der Waals surface area contributed by atoms with Crippen molar-refractivity contribution in [3.63, 3.8) is 0 Å². The van der Waals surface area contributed by atoms with E-state index in [0.29, 0.717) is 13.2 Å². The van der Waals surface area contributed by atoms with Crippen LogP contribution in [-0.2, 0) is 18.0 Å². The van der Waals surface area contributed by atoms with Gasteiger partial charge in [0.15, 0.2) is 0 Å². The first-order valence-electron chi connectivity index (χ1n) is 6.36. The molecule has 3 rings (SSSR count). The fourth-order valence-corrected chi connectivity index (χ4v) is 2.78. The molecule has 0 aromatic heterocycles. The molecule has 2 aromatic rings. The van der Waals surface area contributed by atoms with Crippen molar-refractivity contribution in [1.82, 2.24) is 0 Å². The van der Waals surface area contributed by atoms with Crippen LogP contribution in [0.3, 0.4) is 0 Å². The number of nitrogens with two attached hydrogens (primary N) is 1. The van der Waals surface area contributed by atoms with E-state index in [2.05, 4.69) is 18.2 Å². The molecule has 0 aliphatic carbocycles. The molecule has 0 fully saturated rings. The molecule has 3 heteroatoms. The van der Waals surface area contributed by atoms with Crippen LogP contribution >= 0.6 is 11.6 Å². The zero-order chi connectivity index (χ0) is 13.4. The first-order chi connectivity index (χ1) is 9.15. The Hall–Kier alpha value is -1.35. The van der Waals surface area contributed by atoms with E-state index in [1.807, 2.05) is 25.1 Å². The molecule has 19 heavy (non-hydrogen) atoms. The quantitative estimate of drug-likeness (QED) is 0.905. The monoisotopic (exact) mass is 273 g/mol. The van der Waals surface area contributed by atoms with Crippen LogP contribution in [0.2, 0.25) is 5.02 Å². The Morgan fingerprint density at radius 1 is 1.11 bits per heavy atom. The number of aryl methyl sites for hydroxylation is 1. The van der Waals surface area contributed by atoms with E-state index in [0.717, 1.165) is 21.7 Å². The van der Waals surface area contributed by atoms with Crippen molar-refractivity contribution in [1.29, 1.82) is 0 Å². The predicted molar refractivity (Wildman–Crippen MR) is 77.2 cm³/mol. The summed E-state index contributed by atoms with van der Waals surface area (Å²) in [5.74, 6) is 0. The third-order valence-corrected chi connectivity index (χ3v) is 3.91. The highest BCUT2D eigenvalue weighted by Gasteiger charge is 2.16. The molecule has 0 saturated heterocycles. The average molecular weight is 274 g/mol. The summed E-state index contributed by atoms with van der Waals surface area (Å²) in [7, 11) is 0. The van der Waals surface area contributed by atoms with Crippen molar-refractivity contribution in [3.05, 3.63) is 69.2 Å². The number of rotatable bonds is 2. The van der Waals surface area contributed by atoms with E-state index in [1.165, 1.54) is 11.1 Å². The maximum absolute atomic E-state index is 6.38. The standard InChI is InChI=1S/C16H16ClNO/c1-10-6-14(17)4-5-15(10)16(18)11-2-3-12-8-19-9-13(12)7-11/h2-7,16H,8-9,18H2,1H3. The smallest absolute Gasteiger partial charge is 0.0725 e. The van der Waals surface area contributed by atoms with Crippen molar-refractivity contribution in [2.24, 2.45) is 5.73 Å². The van der Waals surface area contributed by atoms with Gasteiger partial charge in [-0.2, -0.15) is 0 Å². The van der Waals surface area contributed by atoms with Gasteiger partial charge in [-0.05, 0) is 46.9 Å². The summed E-state index contributed by atoms with van der Waals surface area (Å²) in [6, 6.07) is 12.1. The summed E-state index contributed by atoms with van der Waals surface area (Å²) in [6.07, 6.45) is 0. The Balaban J connectivity index is 1.97. The largest absolute Gasteiger partial charge is 0.372 e. The summed E-state index contributed by atoms with van der Waals surface area (Å²) in [4.78, 5) is 0. The fourth-order valence-electron chi connectivity index (χ4n) is 2.55. The Bertz CT molecular complexity index is 624. The normalized spacial score (nSPS) is 15.3. The SMILES string of the molecule is Cc1cc(Cl)ccc1C(N)c1ccc2c(c1)COC2. The molecular weight excluding hydrogens is 258 g/mol. The van der Waals surface area contributed by atoms with E-state index < -0.39 is 0 Å². The molecule has 0 spiro atoms. The molecule has 1 aliphatic heterocycles. The van der Waals surface area contributed by atoms with Crippen LogP contribution in [0, 0.1) is 6.92 Å². The van der Waals surface area contributed by atoms with Gasteiger partial charge in [-0.3, -0.25) is 0 Å². The molecule has 2 N–H and O–H groups in total. The van der Waals surface area contributed by atoms with E-state index in [1.54, 1.807) is 0 Å². The molecule has 1 heterocycles. The minimum absolute atomic E-state index is 0.122. The zero-order valence-electron chi connectivity index (χ0n) is 10.8. The van der Waals surface area contributed by atoms with Crippen molar-refractivity contribution >= 4 is 11.6 Å². The first kappa shape index (κ1) is 12.7. The van der Waals surface area contributed by atoms with E-state index in [-0.39, 0.29) is 6.04 Å². The van der Waals surface area contributed by atoms with Gasteiger partial charge < -0.3 is 10.5 Å². The van der Waals surface area contributed by atoms with Gasteiger partial charge in [0.05, 0.1) is 19.3 Å². The zero-order valence-corrected chi connectivity index (χ0v) is 11.6. The van der Waals surface area contributed by atoms with Gasteiger partial charge in [0.2, 0.25) is 0 Å². The van der Waals surface area contributed by atoms with Crippen LogP contribution in [0.4, 0.5) is 0 Å². The Morgan fingerprint density at radius 2 is 1.89 bits per heavy atom. The molecule has 2 aromatic carbocycles. The first-order valence-corrected chi connectivity index (χ1v) is 6.74. The van der Waals surface area contributed by atoms with Crippen LogP contribution < -0.4 is 5.73 Å². The molecular formula is C16H16ClNO. The summed E-state index contributed by atoms with van der Waals surface area (Å²) in [5, 5.41) is 0.746. The number of hydrogen-bond acceptors (Lipinski definition) is 2. The van der Waals surface area contributed by atoms with Gasteiger partial charge in [-0.25, -0.2) is 0 Å². The van der Waals surface area contributed by atoms with Crippen molar-refractivity contribution in [3.8, 4) is 0 Å². The maximum Gasteiger partial charge on any atom is 0.0725 e. The second-order valence-electron chi connectivity index (χ2n) is 5.00. The molecule has 1 atom stereocenters. The highest BCUT2D eigenvalue weighted by Crippen LogP contribution is 2.28. The summed E-state index contributed by atoms with van der Waals surface area (Å²) < 4.78 is 5.44. The lowest BCUT2D eigenvalue weighted by atomic mass is 9.94. The van der Waals surface area contributed by atoms with Gasteiger partial charge in [0.1, 0.15) is 0 Å². The second kappa shape index (κ2) is 4.97. The Kier molecular flexibility index (Phi) is 3.31. The van der Waals surface area contributed by atoms with Crippen molar-refractivity contribution in [2.75, 3.05) is 0 Å². The van der Waals surface area contributed by atoms with E-state index in [9.17, 15) is 0 Å². The topological polar surface area (TPSA) is 35.2 Å². The van der Waals surface area contributed by atoms with E-state index >= 15 is 0 Å². The molecule has 1 unspecified atom stereocenters. The number of ether oxygens (including phenoxy) is 1. The lowest BCUT2D eigenvalue weighted by molar-refractivity contribution is 0.134. The predicted octanol–water partition coefficient (Wildman–Crippen LogP) is 3.73. The van der Waals surface area contributed by atoms with Gasteiger partial charge in [0, 0.05) is 5.02 Å². The Labute approximate surface area is 118 Å². The van der Waals surface area contributed by atoms with Gasteiger partial charge in [-0.1, -0.05) is 35.9 Å². The highest BCUT2D eigenvalue weighted by atomic mass is 35.5. The Morgan fingerprint density at radius 3 is 2.68 bits per heavy atom. The average Bonchev–Trinajstić information content (AvgIpc) is 2.85. The third kappa shape index (κ3) is 2.39. The molecule has 1 aliphatic rings. The molecule has 0 radical (unpaired) electrons. The molecule has 0 bridgehead atoms. The maximum atomic E-state index is 6.38.